The fourth-order valence-electron chi connectivity index (χ4n) is 5.33. The second-order valence-electron chi connectivity index (χ2n) is 12.0. The predicted molar refractivity (Wildman–Crippen MR) is 182 cm³/mol. The van der Waals surface area contributed by atoms with Gasteiger partial charge in [-0.3, -0.25) is 0 Å². The zero-order valence-electron chi connectivity index (χ0n) is 28.9. The van der Waals surface area contributed by atoms with Crippen molar-refractivity contribution >= 4 is 23.9 Å². The molecule has 0 aliphatic carbocycles. The number of carbonyl (C=O) groups excluding carboxylic acids is 4. The zero-order chi connectivity index (χ0) is 35.1. The van der Waals surface area contributed by atoms with Crippen LogP contribution in [0.25, 0.3) is 0 Å². The Kier molecular flexibility index (Phi) is 11.5. The Labute approximate surface area is 282 Å². The maximum absolute atomic E-state index is 13.4. The molecule has 0 atom stereocenters. The van der Waals surface area contributed by atoms with Gasteiger partial charge in [0.25, 0.3) is 0 Å². The Hall–Kier alpha value is -5.24. The van der Waals surface area contributed by atoms with Gasteiger partial charge in [0.05, 0.1) is 0 Å². The summed E-state index contributed by atoms with van der Waals surface area (Å²) in [6, 6.07) is 18.9. The molecule has 0 aromatic heterocycles. The van der Waals surface area contributed by atoms with Gasteiger partial charge in [0.1, 0.15) is 35.8 Å². The molecule has 0 aliphatic rings. The number of rotatable bonds is 10. The Morgan fingerprint density at radius 3 is 1.10 bits per heavy atom. The van der Waals surface area contributed by atoms with E-state index in [0.29, 0.717) is 22.3 Å². The van der Waals surface area contributed by atoms with E-state index in [1.807, 2.05) is 62.4 Å². The molecule has 0 saturated heterocycles. The van der Waals surface area contributed by atoms with Crippen molar-refractivity contribution in [2.75, 3.05) is 0 Å². The van der Waals surface area contributed by atoms with Crippen molar-refractivity contribution in [3.05, 3.63) is 127 Å². The number of ether oxygens (including phenoxy) is 4. The van der Waals surface area contributed by atoms with E-state index in [1.54, 1.807) is 39.8 Å². The van der Waals surface area contributed by atoms with Gasteiger partial charge in [-0.15, -0.1) is 0 Å². The lowest BCUT2D eigenvalue weighted by Crippen LogP contribution is -2.28. The molecule has 8 heteroatoms. The molecule has 0 spiro atoms. The van der Waals surface area contributed by atoms with E-state index in [-0.39, 0.29) is 35.8 Å². The third-order valence-corrected chi connectivity index (χ3v) is 8.54. The average Bonchev–Trinajstić information content (AvgIpc) is 3.07. The van der Waals surface area contributed by atoms with E-state index < -0.39 is 23.9 Å². The minimum atomic E-state index is -1.36. The number of hydrogen-bond donors (Lipinski definition) is 0. The number of benzene rings is 4. The van der Waals surface area contributed by atoms with Gasteiger partial charge in [-0.25, -0.2) is 19.2 Å². The van der Waals surface area contributed by atoms with Crippen LogP contribution in [0.2, 0.25) is 0 Å². The first-order valence-electron chi connectivity index (χ1n) is 16.0. The van der Waals surface area contributed by atoms with E-state index in [4.69, 9.17) is 18.9 Å². The van der Waals surface area contributed by atoms with Crippen molar-refractivity contribution in [2.45, 2.75) is 81.4 Å². The van der Waals surface area contributed by atoms with Crippen molar-refractivity contribution < 1.29 is 38.1 Å². The van der Waals surface area contributed by atoms with Gasteiger partial charge in [-0.05, 0) is 110 Å². The van der Waals surface area contributed by atoms with Crippen LogP contribution in [-0.4, -0.2) is 23.9 Å². The first-order chi connectivity index (χ1) is 22.8. The number of hydrogen-bond acceptors (Lipinski definition) is 8. The van der Waals surface area contributed by atoms with E-state index in [9.17, 15) is 19.2 Å². The average molecular weight is 651 g/mol. The summed E-state index contributed by atoms with van der Waals surface area (Å²) < 4.78 is 22.3. The number of aryl methyl sites for hydroxylation is 6. The summed E-state index contributed by atoms with van der Waals surface area (Å²) in [5.41, 5.74) is 7.57. The molecular formula is C40H42O8. The highest BCUT2D eigenvalue weighted by Crippen LogP contribution is 2.33. The second-order valence-corrected chi connectivity index (χ2v) is 12.0. The number of carbonyl (C=O) groups is 4. The summed E-state index contributed by atoms with van der Waals surface area (Å²) in [5.74, 6) is -4.32. The van der Waals surface area contributed by atoms with Crippen molar-refractivity contribution in [2.24, 2.45) is 0 Å². The summed E-state index contributed by atoms with van der Waals surface area (Å²) in [4.78, 5) is 53.2. The van der Waals surface area contributed by atoms with Crippen LogP contribution in [0.3, 0.4) is 0 Å². The molecule has 0 amide bonds. The summed E-state index contributed by atoms with van der Waals surface area (Å²) in [6.45, 7) is 14.5. The molecule has 4 rings (SSSR count). The fourth-order valence-corrected chi connectivity index (χ4v) is 5.33. The maximum Gasteiger partial charge on any atom is 0.423 e. The van der Waals surface area contributed by atoms with Gasteiger partial charge in [-0.1, -0.05) is 74.5 Å². The van der Waals surface area contributed by atoms with E-state index >= 15 is 0 Å². The lowest BCUT2D eigenvalue weighted by molar-refractivity contribution is -0.156. The molecule has 0 heterocycles. The lowest BCUT2D eigenvalue weighted by Gasteiger charge is -2.18. The Balaban J connectivity index is 1.55. The Bertz CT molecular complexity index is 1710. The van der Waals surface area contributed by atoms with Crippen molar-refractivity contribution in [1.29, 1.82) is 0 Å². The molecule has 0 fully saturated rings. The molecule has 0 unspecified atom stereocenters. The molecular weight excluding hydrogens is 608 g/mol. The van der Waals surface area contributed by atoms with E-state index in [1.165, 1.54) is 0 Å². The molecule has 0 saturated carbocycles. The highest BCUT2D eigenvalue weighted by molar-refractivity contribution is 6.31. The van der Waals surface area contributed by atoms with Crippen LogP contribution in [0.1, 0.15) is 90.2 Å². The van der Waals surface area contributed by atoms with Crippen LogP contribution in [-0.2, 0) is 45.1 Å². The minimum absolute atomic E-state index is 0.0136. The zero-order valence-corrected chi connectivity index (χ0v) is 28.9. The first-order valence-corrected chi connectivity index (χ1v) is 16.0. The van der Waals surface area contributed by atoms with E-state index in [0.717, 1.165) is 46.2 Å². The summed E-state index contributed by atoms with van der Waals surface area (Å²) in [7, 11) is 0. The predicted octanol–water partition coefficient (Wildman–Crippen LogP) is 7.89. The van der Waals surface area contributed by atoms with Crippen LogP contribution in [0.15, 0.2) is 60.7 Å². The summed E-state index contributed by atoms with van der Waals surface area (Å²) in [5, 5.41) is 0. The Morgan fingerprint density at radius 1 is 0.479 bits per heavy atom. The SMILES string of the molecule is CCc1ccc(COC(=O)c2c(C)c(C)cc(C)c2OC(=O)C(=O)Oc2c(C)cc(C)c(C)c2C(=O)OCc2ccc(CC)cc2)cc1. The third kappa shape index (κ3) is 8.18. The van der Waals surface area contributed by atoms with E-state index in [2.05, 4.69) is 13.8 Å². The highest BCUT2D eigenvalue weighted by Gasteiger charge is 2.30. The van der Waals surface area contributed by atoms with Crippen molar-refractivity contribution in [3.8, 4) is 11.5 Å². The normalized spacial score (nSPS) is 10.8. The van der Waals surface area contributed by atoms with Crippen LogP contribution in [0, 0.1) is 41.5 Å². The summed E-state index contributed by atoms with van der Waals surface area (Å²) in [6.07, 6.45) is 1.78. The third-order valence-electron chi connectivity index (χ3n) is 8.54. The second kappa shape index (κ2) is 15.6. The molecule has 0 bridgehead atoms. The topological polar surface area (TPSA) is 105 Å². The van der Waals surface area contributed by atoms with Gasteiger partial charge in [0.15, 0.2) is 0 Å². The molecule has 8 nitrogen and oxygen atoms in total. The molecule has 48 heavy (non-hydrogen) atoms. The van der Waals surface area contributed by atoms with Gasteiger partial charge < -0.3 is 18.9 Å². The molecule has 4 aromatic rings. The minimum Gasteiger partial charge on any atom is -0.457 e. The Morgan fingerprint density at radius 2 is 0.792 bits per heavy atom. The summed E-state index contributed by atoms with van der Waals surface area (Å²) >= 11 is 0. The van der Waals surface area contributed by atoms with Crippen LogP contribution < -0.4 is 9.47 Å². The van der Waals surface area contributed by atoms with Gasteiger partial charge >= 0.3 is 23.9 Å². The standard InChI is InChI=1S/C40H42O8/c1-9-29-11-15-31(16-12-29)21-45-37(41)33-27(7)23(3)19-25(5)35(33)47-39(43)40(44)48-36-26(6)20-24(4)28(8)34(36)38(42)46-22-32-17-13-30(10-2)14-18-32/h11-20H,9-10,21-22H2,1-8H3. The number of esters is 4. The van der Waals surface area contributed by atoms with Crippen LogP contribution >= 0.6 is 0 Å². The van der Waals surface area contributed by atoms with Crippen LogP contribution in [0.5, 0.6) is 11.5 Å². The highest BCUT2D eigenvalue weighted by atomic mass is 16.6. The van der Waals surface area contributed by atoms with Crippen LogP contribution in [0.4, 0.5) is 0 Å². The first kappa shape index (κ1) is 35.6. The van der Waals surface area contributed by atoms with Crippen molar-refractivity contribution in [3.63, 3.8) is 0 Å². The monoisotopic (exact) mass is 650 g/mol. The van der Waals surface area contributed by atoms with Gasteiger partial charge in [-0.2, -0.15) is 0 Å². The fraction of sp³-hybridized carbons (Fsp3) is 0.300. The molecule has 0 radical (unpaired) electrons. The van der Waals surface area contributed by atoms with Gasteiger partial charge in [0, 0.05) is 0 Å². The molecule has 250 valence electrons. The molecule has 0 aliphatic heterocycles. The van der Waals surface area contributed by atoms with Gasteiger partial charge in [0.2, 0.25) is 0 Å². The smallest absolute Gasteiger partial charge is 0.423 e. The lowest BCUT2D eigenvalue weighted by atomic mass is 9.98. The largest absolute Gasteiger partial charge is 0.457 e. The molecule has 0 N–H and O–H groups in total. The molecule has 4 aromatic carbocycles. The van der Waals surface area contributed by atoms with Crippen molar-refractivity contribution in [1.82, 2.24) is 0 Å². The quantitative estimate of drug-likeness (QED) is 0.0970. The maximum atomic E-state index is 13.4.